The summed E-state index contributed by atoms with van der Waals surface area (Å²) in [5.74, 6) is 0.750. The second kappa shape index (κ2) is 12.6. The number of hydrogen-bond donors (Lipinski definition) is 0. The van der Waals surface area contributed by atoms with Crippen LogP contribution in [0.4, 0.5) is 0 Å². The number of rotatable bonds is 4. The number of benzene rings is 9. The van der Waals surface area contributed by atoms with Gasteiger partial charge < -0.3 is 4.57 Å². The first kappa shape index (κ1) is 25.9. The van der Waals surface area contributed by atoms with Crippen molar-refractivity contribution in [3.63, 3.8) is 0 Å². The molecule has 274 valence electrons. The van der Waals surface area contributed by atoms with Gasteiger partial charge >= 0.3 is 0 Å². The Kier molecular flexibility index (Phi) is 5.54. The number of aromatic nitrogens is 4. The Bertz CT molecular complexity index is 4150. The summed E-state index contributed by atoms with van der Waals surface area (Å²) >= 11 is 3.41. The lowest BCUT2D eigenvalue weighted by atomic mass is 9.98. The molecule has 4 nitrogen and oxygen atoms in total. The van der Waals surface area contributed by atoms with Gasteiger partial charge in [-0.25, -0.2) is 15.0 Å². The third-order valence-corrected chi connectivity index (χ3v) is 13.6. The molecule has 6 heteroatoms. The zero-order valence-corrected chi connectivity index (χ0v) is 32.4. The smallest absolute Gasteiger partial charge is 0.164 e. The highest BCUT2D eigenvalue weighted by atomic mass is 32.1. The van der Waals surface area contributed by atoms with E-state index in [0.29, 0.717) is 22.4 Å². The number of fused-ring (bicyclic) bond motifs is 13. The molecule has 0 atom stereocenters. The van der Waals surface area contributed by atoms with Crippen LogP contribution in [0.15, 0.2) is 182 Å². The van der Waals surface area contributed by atoms with Gasteiger partial charge in [-0.05, 0) is 70.0 Å². The first-order valence-electron chi connectivity index (χ1n) is 23.1. The van der Waals surface area contributed by atoms with Crippen LogP contribution in [-0.2, 0) is 0 Å². The molecule has 0 unspecified atom stereocenters. The Morgan fingerprint density at radius 1 is 0.441 bits per heavy atom. The van der Waals surface area contributed by atoms with Gasteiger partial charge in [0.2, 0.25) is 0 Å². The quantitative estimate of drug-likeness (QED) is 0.178. The lowest BCUT2D eigenvalue weighted by molar-refractivity contribution is 1.08. The molecular formula is C53H30N4S2. The molecule has 0 bridgehead atoms. The molecule has 0 saturated carbocycles. The van der Waals surface area contributed by atoms with Crippen LogP contribution in [0.1, 0.15) is 11.0 Å². The Morgan fingerprint density at radius 3 is 1.61 bits per heavy atom. The Labute approximate surface area is 357 Å². The van der Waals surface area contributed by atoms with E-state index in [-0.39, 0.29) is 76.4 Å². The Balaban J connectivity index is 1.20. The van der Waals surface area contributed by atoms with E-state index in [1.807, 2.05) is 48.5 Å². The van der Waals surface area contributed by atoms with Gasteiger partial charge in [0.25, 0.3) is 0 Å². The fourth-order valence-electron chi connectivity index (χ4n) is 8.63. The maximum Gasteiger partial charge on any atom is 0.164 e. The van der Waals surface area contributed by atoms with Crippen molar-refractivity contribution < 1.29 is 11.0 Å². The molecule has 4 aromatic heterocycles. The van der Waals surface area contributed by atoms with Crippen molar-refractivity contribution in [2.75, 3.05) is 0 Å². The lowest BCUT2D eigenvalue weighted by Gasteiger charge is -2.13. The molecule has 13 aromatic rings. The Morgan fingerprint density at radius 2 is 0.983 bits per heavy atom. The molecule has 13 rings (SSSR count). The van der Waals surface area contributed by atoms with Crippen LogP contribution < -0.4 is 0 Å². The fraction of sp³-hybridized carbons (Fsp3) is 0. The Hall–Kier alpha value is -7.25. The molecule has 0 radical (unpaired) electrons. The van der Waals surface area contributed by atoms with E-state index < -0.39 is 0 Å². The van der Waals surface area contributed by atoms with Crippen LogP contribution in [0.2, 0.25) is 0 Å². The molecule has 0 aliphatic rings. The second-order valence-electron chi connectivity index (χ2n) is 14.5. The first-order chi connectivity index (χ1) is 32.5. The minimum Gasteiger partial charge on any atom is -0.309 e. The van der Waals surface area contributed by atoms with Crippen molar-refractivity contribution in [3.05, 3.63) is 182 Å². The van der Waals surface area contributed by atoms with E-state index in [1.54, 1.807) is 28.7 Å². The van der Waals surface area contributed by atoms with Crippen molar-refractivity contribution >= 4 is 106 Å². The summed E-state index contributed by atoms with van der Waals surface area (Å²) in [4.78, 5) is 15.9. The van der Waals surface area contributed by atoms with E-state index in [0.717, 1.165) is 73.0 Å². The third kappa shape index (κ3) is 4.91. The van der Waals surface area contributed by atoms with Gasteiger partial charge in [0.15, 0.2) is 17.5 Å². The zero-order chi connectivity index (χ0) is 45.6. The highest BCUT2D eigenvalue weighted by Gasteiger charge is 2.23. The van der Waals surface area contributed by atoms with Crippen molar-refractivity contribution in [2.45, 2.75) is 0 Å². The zero-order valence-electron chi connectivity index (χ0n) is 38.8. The normalized spacial score (nSPS) is 14.0. The molecule has 4 heterocycles. The summed E-state index contributed by atoms with van der Waals surface area (Å²) in [6.07, 6.45) is 0. The van der Waals surface area contributed by atoms with Gasteiger partial charge in [0.1, 0.15) is 0 Å². The van der Waals surface area contributed by atoms with Gasteiger partial charge in [-0.3, -0.25) is 0 Å². The number of nitrogens with zero attached hydrogens (tertiary/aromatic N) is 4. The summed E-state index contributed by atoms with van der Waals surface area (Å²) in [7, 11) is 0. The molecule has 0 amide bonds. The molecule has 0 N–H and O–H groups in total. The molecule has 0 aliphatic carbocycles. The summed E-state index contributed by atoms with van der Waals surface area (Å²) in [5.41, 5.74) is 1.84. The van der Waals surface area contributed by atoms with Crippen LogP contribution in [0.3, 0.4) is 0 Å². The standard InChI is InChI=1S/C53H30N4S2/c1-2-16-34(17-3-1)57-43-23-11-8-20-37(43)38-27-26-33(30-44(38)57)51-54-52(41-28-31-14-4-6-18-35(31)49-47(41)39-21-9-12-24-45(39)58-49)56-53(55-51)42-29-32-15-5-7-19-36(32)50-48(42)40-22-10-13-25-46(40)59-50/h1-30H/i1D,8D,11D,16D,17D,23D,26D,30D. The molecule has 0 aliphatic heterocycles. The molecule has 0 fully saturated rings. The number of para-hydroxylation sites is 2. The van der Waals surface area contributed by atoms with Crippen molar-refractivity contribution in [1.29, 1.82) is 0 Å². The minimum atomic E-state index is -0.360. The van der Waals surface area contributed by atoms with E-state index >= 15 is 0 Å². The summed E-state index contributed by atoms with van der Waals surface area (Å²) in [6, 6.07) is 41.2. The van der Waals surface area contributed by atoms with Gasteiger partial charge in [0, 0.05) is 73.5 Å². The summed E-state index contributed by atoms with van der Waals surface area (Å²) < 4.78 is 78.4. The molecule has 0 saturated heterocycles. The van der Waals surface area contributed by atoms with Crippen molar-refractivity contribution in [3.8, 4) is 39.9 Å². The maximum absolute atomic E-state index is 10.1. The van der Waals surface area contributed by atoms with Crippen LogP contribution in [0.5, 0.6) is 0 Å². The largest absolute Gasteiger partial charge is 0.309 e. The van der Waals surface area contributed by atoms with Gasteiger partial charge in [-0.1, -0.05) is 133 Å². The van der Waals surface area contributed by atoms with Crippen molar-refractivity contribution in [1.82, 2.24) is 19.5 Å². The highest BCUT2D eigenvalue weighted by molar-refractivity contribution is 7.27. The van der Waals surface area contributed by atoms with Gasteiger partial charge in [-0.15, -0.1) is 22.7 Å². The monoisotopic (exact) mass is 794 g/mol. The summed E-state index contributed by atoms with van der Waals surface area (Å²) in [6.45, 7) is 0. The second-order valence-corrected chi connectivity index (χ2v) is 16.6. The van der Waals surface area contributed by atoms with E-state index in [1.165, 1.54) is 22.8 Å². The molecule has 59 heavy (non-hydrogen) atoms. The maximum atomic E-state index is 10.1. The predicted octanol–water partition coefficient (Wildman–Crippen LogP) is 15.0. The van der Waals surface area contributed by atoms with Crippen LogP contribution in [0.25, 0.3) is 124 Å². The fourth-order valence-corrected chi connectivity index (χ4v) is 11.2. The number of hydrogen-bond acceptors (Lipinski definition) is 5. The highest BCUT2D eigenvalue weighted by Crippen LogP contribution is 2.46. The summed E-state index contributed by atoms with van der Waals surface area (Å²) in [5, 5.41) is 8.88. The van der Waals surface area contributed by atoms with Crippen LogP contribution in [-0.4, -0.2) is 19.5 Å². The number of thiophene rings is 2. The lowest BCUT2D eigenvalue weighted by Crippen LogP contribution is -2.01. The van der Waals surface area contributed by atoms with Crippen LogP contribution >= 0.6 is 22.7 Å². The molecule has 9 aromatic carbocycles. The topological polar surface area (TPSA) is 43.6 Å². The SMILES string of the molecule is [2H]c1cc([2H])c(-n2c3c([2H])c([2H])c([2H])cc3c3cc([2H])c(-c4nc(-c5cc6ccccc6c6sc7ccccc7c56)nc(-c5cc6ccccc6c6sc7ccccc7c56)n4)c([2H])c32)c([2H])c1. The average Bonchev–Trinajstić information content (AvgIpc) is 4.01. The van der Waals surface area contributed by atoms with E-state index in [2.05, 4.69) is 60.7 Å². The van der Waals surface area contributed by atoms with Gasteiger partial charge in [0.05, 0.1) is 22.0 Å². The van der Waals surface area contributed by atoms with E-state index in [9.17, 15) is 2.74 Å². The van der Waals surface area contributed by atoms with E-state index in [4.69, 9.17) is 23.2 Å². The average molecular weight is 795 g/mol. The first-order valence-corrected chi connectivity index (χ1v) is 20.7. The third-order valence-electron chi connectivity index (χ3n) is 11.2. The van der Waals surface area contributed by atoms with Gasteiger partial charge in [-0.2, -0.15) is 0 Å². The molecular weight excluding hydrogens is 757 g/mol. The molecule has 0 spiro atoms. The van der Waals surface area contributed by atoms with Crippen molar-refractivity contribution in [2.24, 2.45) is 0 Å². The predicted molar refractivity (Wildman–Crippen MR) is 251 cm³/mol. The minimum absolute atomic E-state index is 0.00150. The van der Waals surface area contributed by atoms with Crippen LogP contribution in [0, 0.1) is 0 Å².